The molecule has 0 atom stereocenters. The van der Waals surface area contributed by atoms with Crippen LogP contribution in [-0.4, -0.2) is 38.1 Å². The molecule has 0 heterocycles. The number of aromatic hydroxyl groups is 1. The predicted octanol–water partition coefficient (Wildman–Crippen LogP) is 3.37. The van der Waals surface area contributed by atoms with Gasteiger partial charge >= 0.3 is 0 Å². The second kappa shape index (κ2) is 9.64. The zero-order valence-electron chi connectivity index (χ0n) is 16.8. The molecule has 150 valence electrons. The van der Waals surface area contributed by atoms with Gasteiger partial charge in [0.15, 0.2) is 18.1 Å². The van der Waals surface area contributed by atoms with Crippen LogP contribution in [0.2, 0.25) is 0 Å². The number of carbonyl (C=O) groups is 1. The molecule has 0 fully saturated rings. The monoisotopic (exact) mass is 386 g/mol. The summed E-state index contributed by atoms with van der Waals surface area (Å²) in [5, 5.41) is 13.8. The summed E-state index contributed by atoms with van der Waals surface area (Å²) in [7, 11) is 2.87. The van der Waals surface area contributed by atoms with Gasteiger partial charge < -0.3 is 19.3 Å². The number of nitrogens with one attached hydrogen (secondary N) is 1. The van der Waals surface area contributed by atoms with E-state index in [0.717, 1.165) is 11.1 Å². The normalized spacial score (nSPS) is 10.9. The van der Waals surface area contributed by atoms with Crippen LogP contribution >= 0.6 is 0 Å². The summed E-state index contributed by atoms with van der Waals surface area (Å²) < 4.78 is 15.8. The number of nitrogens with zero attached hydrogens (tertiary/aromatic N) is 1. The Morgan fingerprint density at radius 1 is 1.14 bits per heavy atom. The Hall–Kier alpha value is -3.22. The predicted molar refractivity (Wildman–Crippen MR) is 108 cm³/mol. The first kappa shape index (κ1) is 21.1. The Balaban J connectivity index is 1.97. The summed E-state index contributed by atoms with van der Waals surface area (Å²) in [5.74, 6) is 1.06. The van der Waals surface area contributed by atoms with E-state index >= 15 is 0 Å². The van der Waals surface area contributed by atoms with Crippen molar-refractivity contribution in [3.05, 3.63) is 47.0 Å². The van der Waals surface area contributed by atoms with Crippen molar-refractivity contribution in [3.8, 4) is 23.0 Å². The molecule has 7 nitrogen and oxygen atoms in total. The molecule has 0 unspecified atom stereocenters. The summed E-state index contributed by atoms with van der Waals surface area (Å²) in [4.78, 5) is 12.0. The molecule has 0 aliphatic rings. The topological polar surface area (TPSA) is 89.4 Å². The number of ether oxygens (including phenoxy) is 3. The number of hydrogen-bond donors (Lipinski definition) is 2. The molecule has 0 aromatic heterocycles. The molecule has 0 saturated carbocycles. The molecule has 0 spiro atoms. The number of carbonyl (C=O) groups excluding carboxylic acids is 1. The second-order valence-electron chi connectivity index (χ2n) is 6.54. The molecule has 0 aliphatic heterocycles. The highest BCUT2D eigenvalue weighted by molar-refractivity contribution is 5.84. The number of benzene rings is 2. The van der Waals surface area contributed by atoms with E-state index in [1.165, 1.54) is 20.4 Å². The first-order chi connectivity index (χ1) is 13.3. The molecule has 28 heavy (non-hydrogen) atoms. The molecule has 2 N–H and O–H groups in total. The number of methoxy groups -OCH3 is 2. The van der Waals surface area contributed by atoms with Crippen LogP contribution in [0.5, 0.6) is 23.0 Å². The van der Waals surface area contributed by atoms with Crippen LogP contribution in [0.4, 0.5) is 0 Å². The van der Waals surface area contributed by atoms with E-state index in [0.29, 0.717) is 17.2 Å². The highest BCUT2D eigenvalue weighted by Gasteiger charge is 2.11. The van der Waals surface area contributed by atoms with Gasteiger partial charge in [0.25, 0.3) is 5.91 Å². The van der Waals surface area contributed by atoms with Crippen molar-refractivity contribution < 1.29 is 24.1 Å². The fourth-order valence-corrected chi connectivity index (χ4v) is 2.47. The Labute approximate surface area is 164 Å². The van der Waals surface area contributed by atoms with Crippen LogP contribution < -0.4 is 19.6 Å². The smallest absolute Gasteiger partial charge is 0.277 e. The van der Waals surface area contributed by atoms with Gasteiger partial charge in [0.1, 0.15) is 5.75 Å². The van der Waals surface area contributed by atoms with Crippen molar-refractivity contribution in [1.29, 1.82) is 0 Å². The number of phenolic OH excluding ortho intramolecular Hbond substituents is 1. The van der Waals surface area contributed by atoms with Crippen LogP contribution in [0.15, 0.2) is 35.4 Å². The summed E-state index contributed by atoms with van der Waals surface area (Å²) in [6, 6.07) is 9.13. The zero-order valence-corrected chi connectivity index (χ0v) is 16.8. The number of amides is 1. The van der Waals surface area contributed by atoms with E-state index in [1.54, 1.807) is 12.1 Å². The minimum Gasteiger partial charge on any atom is -0.502 e. The molecule has 7 heteroatoms. The molecular formula is C21H26N2O5. The van der Waals surface area contributed by atoms with Gasteiger partial charge in [-0.25, -0.2) is 5.43 Å². The highest BCUT2D eigenvalue weighted by atomic mass is 16.5. The van der Waals surface area contributed by atoms with Crippen molar-refractivity contribution >= 4 is 12.1 Å². The maximum absolute atomic E-state index is 12.0. The van der Waals surface area contributed by atoms with Crippen molar-refractivity contribution in [2.24, 2.45) is 5.10 Å². The lowest BCUT2D eigenvalue weighted by atomic mass is 10.0. The summed E-state index contributed by atoms with van der Waals surface area (Å²) >= 11 is 0. The summed E-state index contributed by atoms with van der Waals surface area (Å²) in [5.41, 5.74) is 5.11. The van der Waals surface area contributed by atoms with E-state index in [2.05, 4.69) is 30.4 Å². The third kappa shape index (κ3) is 5.39. The number of phenols is 1. The lowest BCUT2D eigenvalue weighted by molar-refractivity contribution is -0.123. The SMILES string of the molecule is COc1cc(/C=N\NC(=O)COc2cc(C(C)C)ccc2C)cc(OC)c1O. The van der Waals surface area contributed by atoms with Gasteiger partial charge in [0.05, 0.1) is 20.4 Å². The minimum atomic E-state index is -0.386. The number of rotatable bonds is 8. The first-order valence-corrected chi connectivity index (χ1v) is 8.86. The molecule has 0 radical (unpaired) electrons. The van der Waals surface area contributed by atoms with Crippen molar-refractivity contribution in [3.63, 3.8) is 0 Å². The first-order valence-electron chi connectivity index (χ1n) is 8.86. The van der Waals surface area contributed by atoms with E-state index in [9.17, 15) is 9.90 Å². The fourth-order valence-electron chi connectivity index (χ4n) is 2.47. The van der Waals surface area contributed by atoms with Gasteiger partial charge in [-0.3, -0.25) is 4.79 Å². The molecular weight excluding hydrogens is 360 g/mol. The van der Waals surface area contributed by atoms with E-state index in [4.69, 9.17) is 14.2 Å². The van der Waals surface area contributed by atoms with Gasteiger partial charge in [-0.05, 0) is 42.2 Å². The average molecular weight is 386 g/mol. The van der Waals surface area contributed by atoms with Crippen LogP contribution in [0.3, 0.4) is 0 Å². The third-order valence-electron chi connectivity index (χ3n) is 4.14. The van der Waals surface area contributed by atoms with Gasteiger partial charge in [-0.15, -0.1) is 0 Å². The standard InChI is InChI=1S/C21H26N2O5/c1-13(2)16-7-6-14(3)17(10-16)28-12-20(24)23-22-11-15-8-18(26-4)21(25)19(9-15)27-5/h6-11,13,25H,12H2,1-5H3,(H,23,24)/b22-11-. The Morgan fingerprint density at radius 3 is 2.36 bits per heavy atom. The van der Waals surface area contributed by atoms with Crippen LogP contribution in [-0.2, 0) is 4.79 Å². The molecule has 0 saturated heterocycles. The average Bonchev–Trinajstić information content (AvgIpc) is 2.68. The van der Waals surface area contributed by atoms with Gasteiger partial charge in [0, 0.05) is 5.56 Å². The lowest BCUT2D eigenvalue weighted by Gasteiger charge is -2.12. The third-order valence-corrected chi connectivity index (χ3v) is 4.14. The van der Waals surface area contributed by atoms with Crippen LogP contribution in [0, 0.1) is 6.92 Å². The molecule has 2 aromatic carbocycles. The highest BCUT2D eigenvalue weighted by Crippen LogP contribution is 2.36. The minimum absolute atomic E-state index is 0.0985. The van der Waals surface area contributed by atoms with Crippen LogP contribution in [0.25, 0.3) is 0 Å². The van der Waals surface area contributed by atoms with E-state index in [1.807, 2.05) is 19.1 Å². The van der Waals surface area contributed by atoms with Gasteiger partial charge in [-0.2, -0.15) is 5.10 Å². The Kier molecular flexibility index (Phi) is 7.26. The molecule has 1 amide bonds. The maximum Gasteiger partial charge on any atom is 0.277 e. The molecule has 0 aliphatic carbocycles. The van der Waals surface area contributed by atoms with Crippen molar-refractivity contribution in [2.45, 2.75) is 26.7 Å². The molecule has 2 rings (SSSR count). The van der Waals surface area contributed by atoms with Gasteiger partial charge in [0.2, 0.25) is 5.75 Å². The largest absolute Gasteiger partial charge is 0.502 e. The number of hydrazone groups is 1. The molecule has 2 aromatic rings. The number of aryl methyl sites for hydroxylation is 1. The molecule has 0 bridgehead atoms. The quantitative estimate of drug-likeness (QED) is 0.536. The lowest BCUT2D eigenvalue weighted by Crippen LogP contribution is -2.24. The Morgan fingerprint density at radius 2 is 1.79 bits per heavy atom. The summed E-state index contributed by atoms with van der Waals surface area (Å²) in [6.45, 7) is 5.98. The van der Waals surface area contributed by atoms with Crippen molar-refractivity contribution in [2.75, 3.05) is 20.8 Å². The number of hydrogen-bond acceptors (Lipinski definition) is 6. The van der Waals surface area contributed by atoms with Crippen LogP contribution in [0.1, 0.15) is 36.5 Å². The van der Waals surface area contributed by atoms with E-state index in [-0.39, 0.29) is 29.8 Å². The Bertz CT molecular complexity index is 837. The zero-order chi connectivity index (χ0) is 20.7. The van der Waals surface area contributed by atoms with Crippen molar-refractivity contribution in [1.82, 2.24) is 5.43 Å². The summed E-state index contributed by atoms with van der Waals surface area (Å²) in [6.07, 6.45) is 1.42. The second-order valence-corrected chi connectivity index (χ2v) is 6.54. The van der Waals surface area contributed by atoms with Gasteiger partial charge in [-0.1, -0.05) is 26.0 Å². The maximum atomic E-state index is 12.0. The fraction of sp³-hybridized carbons (Fsp3) is 0.333. The van der Waals surface area contributed by atoms with E-state index < -0.39 is 0 Å².